The van der Waals surface area contributed by atoms with Crippen molar-refractivity contribution in [1.29, 1.82) is 0 Å². The Kier molecular flexibility index (Phi) is 7.43. The number of ether oxygens (including phenoxy) is 1. The van der Waals surface area contributed by atoms with E-state index in [-0.39, 0.29) is 18.4 Å². The van der Waals surface area contributed by atoms with Gasteiger partial charge in [0.1, 0.15) is 18.2 Å². The van der Waals surface area contributed by atoms with E-state index in [0.29, 0.717) is 19.3 Å². The fourth-order valence-corrected chi connectivity index (χ4v) is 5.38. The molecule has 2 amide bonds. The Labute approximate surface area is 206 Å². The Morgan fingerprint density at radius 2 is 1.54 bits per heavy atom. The van der Waals surface area contributed by atoms with Gasteiger partial charge >= 0.3 is 12.1 Å². The SMILES string of the molecule is CC(C)C[C@@H](NC(=O)C1(NC(=O)OCC2c3ccccc3-c3ccccc32)CCCCC1)C(=O)O. The lowest BCUT2D eigenvalue weighted by atomic mass is 9.80. The lowest BCUT2D eigenvalue weighted by molar-refractivity contribution is -0.143. The quantitative estimate of drug-likeness (QED) is 0.503. The summed E-state index contributed by atoms with van der Waals surface area (Å²) in [5, 5.41) is 15.1. The van der Waals surface area contributed by atoms with Crippen molar-refractivity contribution >= 4 is 18.0 Å². The van der Waals surface area contributed by atoms with Crippen molar-refractivity contribution in [3.63, 3.8) is 0 Å². The average molecular weight is 479 g/mol. The Bertz CT molecular complexity index is 1040. The number of hydrogen-bond acceptors (Lipinski definition) is 4. The zero-order valence-corrected chi connectivity index (χ0v) is 20.4. The first-order chi connectivity index (χ1) is 16.8. The van der Waals surface area contributed by atoms with Crippen LogP contribution in [0.4, 0.5) is 4.79 Å². The van der Waals surface area contributed by atoms with Crippen LogP contribution in [0.5, 0.6) is 0 Å². The minimum Gasteiger partial charge on any atom is -0.480 e. The lowest BCUT2D eigenvalue weighted by Gasteiger charge is -2.37. The van der Waals surface area contributed by atoms with Gasteiger partial charge in [0.05, 0.1) is 0 Å². The normalized spacial score (nSPS) is 17.2. The zero-order chi connectivity index (χ0) is 25.0. The maximum absolute atomic E-state index is 13.3. The monoisotopic (exact) mass is 478 g/mol. The predicted octanol–water partition coefficient (Wildman–Crippen LogP) is 4.84. The predicted molar refractivity (Wildman–Crippen MR) is 133 cm³/mol. The van der Waals surface area contributed by atoms with Crippen LogP contribution in [0.15, 0.2) is 48.5 Å². The number of fused-ring (bicyclic) bond motifs is 3. The summed E-state index contributed by atoms with van der Waals surface area (Å²) in [5.74, 6) is -1.49. The molecule has 0 aromatic heterocycles. The molecule has 0 saturated heterocycles. The number of aliphatic carboxylic acids is 1. The van der Waals surface area contributed by atoms with E-state index in [1.807, 2.05) is 38.1 Å². The molecule has 2 aliphatic carbocycles. The van der Waals surface area contributed by atoms with E-state index in [0.717, 1.165) is 41.5 Å². The molecule has 186 valence electrons. The van der Waals surface area contributed by atoms with Crippen molar-refractivity contribution in [2.24, 2.45) is 5.92 Å². The summed E-state index contributed by atoms with van der Waals surface area (Å²) in [5.41, 5.74) is 3.36. The number of nitrogens with one attached hydrogen (secondary N) is 2. The van der Waals surface area contributed by atoms with Gasteiger partial charge in [-0.05, 0) is 47.4 Å². The van der Waals surface area contributed by atoms with Crippen LogP contribution >= 0.6 is 0 Å². The van der Waals surface area contributed by atoms with Crippen molar-refractivity contribution in [1.82, 2.24) is 10.6 Å². The minimum absolute atomic E-state index is 0.0771. The van der Waals surface area contributed by atoms with Gasteiger partial charge in [0.2, 0.25) is 5.91 Å². The third-order valence-corrected chi connectivity index (χ3v) is 7.14. The molecule has 0 radical (unpaired) electrons. The summed E-state index contributed by atoms with van der Waals surface area (Å²) < 4.78 is 5.69. The van der Waals surface area contributed by atoms with E-state index in [1.165, 1.54) is 0 Å². The summed E-state index contributed by atoms with van der Waals surface area (Å²) in [6.07, 6.45) is 3.10. The van der Waals surface area contributed by atoms with E-state index < -0.39 is 29.6 Å². The molecule has 0 bridgehead atoms. The van der Waals surface area contributed by atoms with Gasteiger partial charge < -0.3 is 20.5 Å². The Morgan fingerprint density at radius 1 is 0.971 bits per heavy atom. The van der Waals surface area contributed by atoms with Crippen LogP contribution in [0.2, 0.25) is 0 Å². The van der Waals surface area contributed by atoms with Crippen LogP contribution in [0.25, 0.3) is 11.1 Å². The summed E-state index contributed by atoms with van der Waals surface area (Å²) in [7, 11) is 0. The van der Waals surface area contributed by atoms with Crippen LogP contribution in [0, 0.1) is 5.92 Å². The number of amides is 2. The van der Waals surface area contributed by atoms with Gasteiger partial charge in [0.15, 0.2) is 0 Å². The van der Waals surface area contributed by atoms with E-state index in [1.54, 1.807) is 0 Å². The Morgan fingerprint density at radius 3 is 2.09 bits per heavy atom. The Balaban J connectivity index is 1.46. The highest BCUT2D eigenvalue weighted by molar-refractivity contribution is 5.93. The molecule has 7 nitrogen and oxygen atoms in total. The number of carboxylic acids is 1. The van der Waals surface area contributed by atoms with Gasteiger partial charge in [0, 0.05) is 5.92 Å². The maximum atomic E-state index is 13.3. The van der Waals surface area contributed by atoms with Crippen molar-refractivity contribution in [3.8, 4) is 11.1 Å². The first kappa shape index (κ1) is 24.8. The standard InChI is InChI=1S/C28H34N2O5/c1-18(2)16-24(25(31)32)29-26(33)28(14-8-3-9-15-28)30-27(34)35-17-23-21-12-6-4-10-19(21)20-11-5-7-13-22(20)23/h4-7,10-13,18,23-24H,3,8-9,14-17H2,1-2H3,(H,29,33)(H,30,34)(H,31,32)/t24-/m1/s1. The summed E-state index contributed by atoms with van der Waals surface area (Å²) in [4.78, 5) is 38.0. The molecule has 0 unspecified atom stereocenters. The van der Waals surface area contributed by atoms with Crippen LogP contribution in [-0.2, 0) is 14.3 Å². The molecule has 0 heterocycles. The van der Waals surface area contributed by atoms with Gasteiger partial charge in [-0.25, -0.2) is 9.59 Å². The van der Waals surface area contributed by atoms with Gasteiger partial charge in [-0.3, -0.25) is 4.79 Å². The third-order valence-electron chi connectivity index (χ3n) is 7.14. The van der Waals surface area contributed by atoms with Gasteiger partial charge in [0.25, 0.3) is 0 Å². The molecule has 4 rings (SSSR count). The topological polar surface area (TPSA) is 105 Å². The molecule has 1 saturated carbocycles. The first-order valence-electron chi connectivity index (χ1n) is 12.5. The first-order valence-corrected chi connectivity index (χ1v) is 12.5. The third kappa shape index (κ3) is 5.34. The highest BCUT2D eigenvalue weighted by atomic mass is 16.5. The number of rotatable bonds is 8. The van der Waals surface area contributed by atoms with Crippen molar-refractivity contribution in [2.75, 3.05) is 6.61 Å². The second kappa shape index (κ2) is 10.5. The molecule has 35 heavy (non-hydrogen) atoms. The number of carboxylic acid groups (broad SMARTS) is 1. The van der Waals surface area contributed by atoms with Crippen LogP contribution in [0.3, 0.4) is 0 Å². The van der Waals surface area contributed by atoms with Gasteiger partial charge in [-0.2, -0.15) is 0 Å². The van der Waals surface area contributed by atoms with Gasteiger partial charge in [-0.1, -0.05) is 81.6 Å². The Hall–Kier alpha value is -3.35. The fourth-order valence-electron chi connectivity index (χ4n) is 5.38. The molecule has 0 aliphatic heterocycles. The van der Waals surface area contributed by atoms with E-state index in [9.17, 15) is 19.5 Å². The molecule has 1 atom stereocenters. The number of benzene rings is 2. The van der Waals surface area contributed by atoms with E-state index in [2.05, 4.69) is 34.9 Å². The van der Waals surface area contributed by atoms with Crippen molar-refractivity contribution in [3.05, 3.63) is 59.7 Å². The zero-order valence-electron chi connectivity index (χ0n) is 20.4. The van der Waals surface area contributed by atoms with E-state index in [4.69, 9.17) is 4.74 Å². The average Bonchev–Trinajstić information content (AvgIpc) is 3.16. The van der Waals surface area contributed by atoms with Crippen LogP contribution in [-0.4, -0.2) is 41.3 Å². The number of carbonyl (C=O) groups is 3. The molecule has 7 heteroatoms. The maximum Gasteiger partial charge on any atom is 0.408 e. The molecule has 2 aliphatic rings. The molecule has 2 aromatic carbocycles. The smallest absolute Gasteiger partial charge is 0.408 e. The molecule has 1 fully saturated rings. The van der Waals surface area contributed by atoms with Gasteiger partial charge in [-0.15, -0.1) is 0 Å². The second-order valence-electron chi connectivity index (χ2n) is 10.1. The summed E-state index contributed by atoms with van der Waals surface area (Å²) in [6, 6.07) is 15.2. The molecule has 3 N–H and O–H groups in total. The van der Waals surface area contributed by atoms with E-state index >= 15 is 0 Å². The van der Waals surface area contributed by atoms with Crippen molar-refractivity contribution < 1.29 is 24.2 Å². The second-order valence-corrected chi connectivity index (χ2v) is 10.1. The largest absolute Gasteiger partial charge is 0.480 e. The van der Waals surface area contributed by atoms with Crippen LogP contribution in [0.1, 0.15) is 69.4 Å². The highest BCUT2D eigenvalue weighted by Crippen LogP contribution is 2.44. The number of carbonyl (C=O) groups excluding carboxylic acids is 2. The molecule has 2 aromatic rings. The fraction of sp³-hybridized carbons (Fsp3) is 0.464. The summed E-state index contributed by atoms with van der Waals surface area (Å²) >= 11 is 0. The number of alkyl carbamates (subject to hydrolysis) is 1. The molecular formula is C28H34N2O5. The highest BCUT2D eigenvalue weighted by Gasteiger charge is 2.43. The number of hydrogen-bond donors (Lipinski definition) is 3. The molecule has 0 spiro atoms. The lowest BCUT2D eigenvalue weighted by Crippen LogP contribution is -2.62. The molecular weight excluding hydrogens is 444 g/mol. The van der Waals surface area contributed by atoms with Crippen molar-refractivity contribution in [2.45, 2.75) is 69.9 Å². The van der Waals surface area contributed by atoms with Crippen LogP contribution < -0.4 is 10.6 Å². The summed E-state index contributed by atoms with van der Waals surface area (Å²) in [6.45, 7) is 3.98. The minimum atomic E-state index is -1.16.